The van der Waals surface area contributed by atoms with Crippen molar-refractivity contribution in [2.24, 2.45) is 17.3 Å². The van der Waals surface area contributed by atoms with E-state index >= 15 is 0 Å². The third-order valence-corrected chi connectivity index (χ3v) is 8.90. The van der Waals surface area contributed by atoms with Crippen LogP contribution in [0.1, 0.15) is 74.7 Å². The number of carbonyl (C=O) groups is 4. The van der Waals surface area contributed by atoms with Crippen LogP contribution in [0.5, 0.6) is 0 Å². The van der Waals surface area contributed by atoms with Crippen LogP contribution in [0.3, 0.4) is 0 Å². The molecule has 4 N–H and O–H groups in total. The molecule has 2 aliphatic rings. The van der Waals surface area contributed by atoms with E-state index < -0.39 is 56.4 Å². The van der Waals surface area contributed by atoms with E-state index in [0.717, 1.165) is 0 Å². The molecule has 0 aromatic heterocycles. The molecule has 2 fully saturated rings. The van der Waals surface area contributed by atoms with Gasteiger partial charge in [0, 0.05) is 12.1 Å². The molecule has 1 aromatic rings. The highest BCUT2D eigenvalue weighted by atomic mass is 32.2. The molecular formula is C29H45N5O6S. The van der Waals surface area contributed by atoms with Gasteiger partial charge in [0.1, 0.15) is 17.6 Å². The van der Waals surface area contributed by atoms with Gasteiger partial charge in [0.25, 0.3) is 15.9 Å². The van der Waals surface area contributed by atoms with Crippen molar-refractivity contribution in [1.82, 2.24) is 25.6 Å². The second-order valence-corrected chi connectivity index (χ2v) is 15.3. The molecule has 0 spiro atoms. The first kappa shape index (κ1) is 32.4. The summed E-state index contributed by atoms with van der Waals surface area (Å²) >= 11 is 0. The van der Waals surface area contributed by atoms with Crippen molar-refractivity contribution < 1.29 is 27.6 Å². The number of urea groups is 1. The van der Waals surface area contributed by atoms with Gasteiger partial charge in [-0.3, -0.25) is 14.4 Å². The molecule has 5 amide bonds. The summed E-state index contributed by atoms with van der Waals surface area (Å²) < 4.78 is 27.6. The predicted octanol–water partition coefficient (Wildman–Crippen LogP) is 2.53. The molecule has 1 heterocycles. The van der Waals surface area contributed by atoms with E-state index in [4.69, 9.17) is 0 Å². The van der Waals surface area contributed by atoms with Crippen LogP contribution in [0.25, 0.3) is 0 Å². The molecule has 228 valence electrons. The summed E-state index contributed by atoms with van der Waals surface area (Å²) in [6.07, 6.45) is 1.14. The molecule has 41 heavy (non-hydrogen) atoms. The number of nitrogens with zero attached hydrogens (tertiary/aromatic N) is 1. The van der Waals surface area contributed by atoms with Crippen LogP contribution >= 0.6 is 0 Å². The fraction of sp³-hybridized carbons (Fsp3) is 0.655. The van der Waals surface area contributed by atoms with Gasteiger partial charge in [-0.25, -0.2) is 17.9 Å². The molecule has 3 atom stereocenters. The first-order valence-electron chi connectivity index (χ1n) is 14.1. The van der Waals surface area contributed by atoms with Gasteiger partial charge < -0.3 is 20.9 Å². The van der Waals surface area contributed by atoms with Gasteiger partial charge >= 0.3 is 6.03 Å². The number of hydrogen-bond donors (Lipinski definition) is 4. The maximum atomic E-state index is 14.0. The molecule has 2 unspecified atom stereocenters. The van der Waals surface area contributed by atoms with Crippen LogP contribution in [-0.4, -0.2) is 66.8 Å². The number of benzene rings is 1. The van der Waals surface area contributed by atoms with Gasteiger partial charge in [-0.05, 0) is 69.4 Å². The van der Waals surface area contributed by atoms with E-state index in [9.17, 15) is 27.6 Å². The maximum absolute atomic E-state index is 14.0. The molecule has 12 heteroatoms. The molecule has 1 aliphatic heterocycles. The third-order valence-electron chi connectivity index (χ3n) is 7.56. The second kappa shape index (κ2) is 11.6. The van der Waals surface area contributed by atoms with Crippen molar-refractivity contribution >= 4 is 33.8 Å². The van der Waals surface area contributed by atoms with Gasteiger partial charge in [0.15, 0.2) is 0 Å². The Balaban J connectivity index is 1.82. The summed E-state index contributed by atoms with van der Waals surface area (Å²) in [7, 11) is -4.12. The van der Waals surface area contributed by atoms with Crippen molar-refractivity contribution in [3.05, 3.63) is 30.3 Å². The van der Waals surface area contributed by atoms with Gasteiger partial charge in [-0.2, -0.15) is 0 Å². The van der Waals surface area contributed by atoms with E-state index in [-0.39, 0.29) is 35.5 Å². The largest absolute Gasteiger partial charge is 0.340 e. The Bertz CT molecular complexity index is 1260. The minimum Gasteiger partial charge on any atom is -0.340 e. The zero-order valence-electron chi connectivity index (χ0n) is 25.3. The van der Waals surface area contributed by atoms with Crippen LogP contribution in [0.15, 0.2) is 35.2 Å². The molecule has 0 bridgehead atoms. The normalized spacial score (nSPS) is 21.1. The Kier molecular flexibility index (Phi) is 9.17. The van der Waals surface area contributed by atoms with Crippen molar-refractivity contribution in [1.29, 1.82) is 0 Å². The maximum Gasteiger partial charge on any atom is 0.315 e. The smallest absolute Gasteiger partial charge is 0.315 e. The minimum atomic E-state index is -4.12. The zero-order chi connectivity index (χ0) is 31.0. The molecule has 1 saturated heterocycles. The number of carbonyl (C=O) groups excluding carboxylic acids is 4. The zero-order valence-corrected chi connectivity index (χ0v) is 26.1. The molecule has 1 aromatic carbocycles. The lowest BCUT2D eigenvalue weighted by molar-refractivity contribution is -0.143. The summed E-state index contributed by atoms with van der Waals surface area (Å²) in [6.45, 7) is 15.3. The average molecular weight is 592 g/mol. The Labute approximate surface area is 243 Å². The van der Waals surface area contributed by atoms with Crippen molar-refractivity contribution in [2.45, 2.75) is 103 Å². The highest BCUT2D eigenvalue weighted by molar-refractivity contribution is 7.90. The van der Waals surface area contributed by atoms with Gasteiger partial charge in [0.2, 0.25) is 11.8 Å². The second-order valence-electron chi connectivity index (χ2n) is 13.6. The Morgan fingerprint density at radius 1 is 0.976 bits per heavy atom. The van der Waals surface area contributed by atoms with Crippen molar-refractivity contribution in [2.75, 3.05) is 6.54 Å². The quantitative estimate of drug-likeness (QED) is 0.364. The van der Waals surface area contributed by atoms with E-state index in [1.54, 1.807) is 18.2 Å². The summed E-state index contributed by atoms with van der Waals surface area (Å²) in [5, 5.41) is 8.42. The predicted molar refractivity (Wildman–Crippen MR) is 155 cm³/mol. The number of rotatable bonds is 8. The summed E-state index contributed by atoms with van der Waals surface area (Å²) in [5.41, 5.74) is -2.54. The molecule has 11 nitrogen and oxygen atoms in total. The molecule has 1 aliphatic carbocycles. The third kappa shape index (κ3) is 7.78. The lowest BCUT2D eigenvalue weighted by Gasteiger charge is -2.37. The van der Waals surface area contributed by atoms with Crippen LogP contribution < -0.4 is 20.7 Å². The molecule has 3 rings (SSSR count). The Hall–Kier alpha value is -3.15. The van der Waals surface area contributed by atoms with Crippen LogP contribution in [0, 0.1) is 17.3 Å². The Morgan fingerprint density at radius 3 is 2.05 bits per heavy atom. The number of hydrogen-bond acceptors (Lipinski definition) is 6. The molecule has 1 saturated carbocycles. The summed E-state index contributed by atoms with van der Waals surface area (Å²) in [4.78, 5) is 55.1. The highest BCUT2D eigenvalue weighted by Crippen LogP contribution is 2.38. The number of sulfonamides is 1. The fourth-order valence-electron chi connectivity index (χ4n) is 5.14. The topological polar surface area (TPSA) is 154 Å². The lowest BCUT2D eigenvalue weighted by atomic mass is 9.84. The van der Waals surface area contributed by atoms with Crippen LogP contribution in [0.2, 0.25) is 0 Å². The number of nitrogens with one attached hydrogen (secondary N) is 4. The van der Waals surface area contributed by atoms with Gasteiger partial charge in [-0.1, -0.05) is 52.8 Å². The van der Waals surface area contributed by atoms with Crippen LogP contribution in [-0.2, 0) is 24.4 Å². The number of amides is 5. The van der Waals surface area contributed by atoms with Crippen molar-refractivity contribution in [3.8, 4) is 0 Å². The standard InChI is InChI=1S/C29H45N5O6S/c1-18(2)20-14-17-34(24(36)22(27(3,4)5)30-26(38)32-28(6,7)8)21(20)23(35)31-29(15-16-29)25(37)33-41(39,40)19-12-10-9-11-13-19/h9-13,18,20-22H,14-17H2,1-8H3,(H,31,35)(H,33,37)(H2,30,32,38)/t20?,21-,22?/m0/s1. The minimum absolute atomic E-state index is 0.0521. The van der Waals surface area contributed by atoms with E-state index in [0.29, 0.717) is 13.0 Å². The molecular weight excluding hydrogens is 546 g/mol. The lowest BCUT2D eigenvalue weighted by Crippen LogP contribution is -2.62. The van der Waals surface area contributed by atoms with Gasteiger partial charge in [0.05, 0.1) is 4.90 Å². The first-order valence-corrected chi connectivity index (χ1v) is 15.6. The number of likely N-dealkylation sites (tertiary alicyclic amines) is 1. The van der Waals surface area contributed by atoms with E-state index in [1.807, 2.05) is 55.4 Å². The summed E-state index contributed by atoms with van der Waals surface area (Å²) in [6, 6.07) is 5.25. The first-order chi connectivity index (χ1) is 18.8. The SMILES string of the molecule is CC(C)C1CCN(C(=O)C(NC(=O)NC(C)(C)C)C(C)(C)C)[C@@H]1C(=O)NC1(C(=O)NS(=O)(=O)c2ccccc2)CC1. The monoisotopic (exact) mass is 591 g/mol. The summed E-state index contributed by atoms with van der Waals surface area (Å²) in [5.74, 6) is -1.83. The van der Waals surface area contributed by atoms with E-state index in [1.165, 1.54) is 17.0 Å². The van der Waals surface area contributed by atoms with E-state index in [2.05, 4.69) is 20.7 Å². The molecule has 0 radical (unpaired) electrons. The fourth-order valence-corrected chi connectivity index (χ4v) is 6.21. The Morgan fingerprint density at radius 2 is 1.56 bits per heavy atom. The van der Waals surface area contributed by atoms with Crippen LogP contribution in [0.4, 0.5) is 4.79 Å². The van der Waals surface area contributed by atoms with Gasteiger partial charge in [-0.15, -0.1) is 0 Å². The van der Waals surface area contributed by atoms with Crippen molar-refractivity contribution in [3.63, 3.8) is 0 Å². The highest BCUT2D eigenvalue weighted by Gasteiger charge is 2.55. The average Bonchev–Trinajstić information content (AvgIpc) is 3.47.